The van der Waals surface area contributed by atoms with E-state index in [4.69, 9.17) is 4.74 Å². The number of ether oxygens (including phenoxy) is 1. The topological polar surface area (TPSA) is 91.0 Å². The number of ketones is 1. The first kappa shape index (κ1) is 22.2. The zero-order valence-corrected chi connectivity index (χ0v) is 17.5. The number of rotatable bonds is 6. The molecule has 1 fully saturated rings. The molecular formula is C22H25FN4O4. The van der Waals surface area contributed by atoms with Crippen LogP contribution in [0.1, 0.15) is 17.3 Å². The molecule has 0 aromatic heterocycles. The molecule has 0 atom stereocenters. The fourth-order valence-electron chi connectivity index (χ4n) is 3.34. The van der Waals surface area contributed by atoms with Gasteiger partial charge < -0.3 is 15.0 Å². The lowest BCUT2D eigenvalue weighted by Crippen LogP contribution is -2.50. The highest BCUT2D eigenvalue weighted by atomic mass is 19.1. The smallest absolute Gasteiger partial charge is 0.325 e. The number of urea groups is 1. The van der Waals surface area contributed by atoms with E-state index in [2.05, 4.69) is 10.6 Å². The lowest BCUT2D eigenvalue weighted by molar-refractivity contribution is -0.121. The van der Waals surface area contributed by atoms with Crippen LogP contribution in [0.25, 0.3) is 0 Å². The van der Waals surface area contributed by atoms with Gasteiger partial charge in [-0.25, -0.2) is 9.18 Å². The van der Waals surface area contributed by atoms with Gasteiger partial charge in [-0.15, -0.1) is 0 Å². The van der Waals surface area contributed by atoms with Gasteiger partial charge in [-0.05, 0) is 49.4 Å². The molecule has 2 aromatic carbocycles. The molecule has 1 saturated heterocycles. The van der Waals surface area contributed by atoms with Crippen molar-refractivity contribution in [3.05, 3.63) is 53.8 Å². The summed E-state index contributed by atoms with van der Waals surface area (Å²) in [4.78, 5) is 39.3. The van der Waals surface area contributed by atoms with Crippen LogP contribution in [-0.4, -0.2) is 62.5 Å². The number of nitrogens with zero attached hydrogens (tertiary/aromatic N) is 2. The minimum atomic E-state index is -0.610. The van der Waals surface area contributed by atoms with Crippen LogP contribution in [0.4, 0.5) is 20.6 Å². The number of nitrogens with one attached hydrogen (secondary N) is 2. The number of carbonyl (C=O) groups excluding carboxylic acids is 3. The monoisotopic (exact) mass is 428 g/mol. The fraction of sp³-hybridized carbons (Fsp3) is 0.318. The average molecular weight is 428 g/mol. The molecule has 0 radical (unpaired) electrons. The molecule has 1 aliphatic heterocycles. The van der Waals surface area contributed by atoms with Crippen LogP contribution in [0.15, 0.2) is 42.5 Å². The maximum Gasteiger partial charge on any atom is 0.325 e. The third-order valence-electron chi connectivity index (χ3n) is 5.04. The van der Waals surface area contributed by atoms with E-state index in [9.17, 15) is 18.8 Å². The van der Waals surface area contributed by atoms with Gasteiger partial charge in [0.1, 0.15) is 11.6 Å². The van der Waals surface area contributed by atoms with Crippen molar-refractivity contribution in [3.63, 3.8) is 0 Å². The summed E-state index contributed by atoms with van der Waals surface area (Å²) in [5.74, 6) is -0.376. The summed E-state index contributed by atoms with van der Waals surface area (Å²) in [7, 11) is 1.55. The lowest BCUT2D eigenvalue weighted by Gasteiger charge is -2.35. The summed E-state index contributed by atoms with van der Waals surface area (Å²) >= 11 is 0. The third-order valence-corrected chi connectivity index (χ3v) is 5.04. The summed E-state index contributed by atoms with van der Waals surface area (Å²) < 4.78 is 19.4. The van der Waals surface area contributed by atoms with Gasteiger partial charge in [-0.3, -0.25) is 19.8 Å². The molecule has 1 heterocycles. The van der Waals surface area contributed by atoms with Crippen molar-refractivity contribution < 1.29 is 23.5 Å². The number of methoxy groups -OCH3 is 1. The van der Waals surface area contributed by atoms with E-state index in [0.717, 1.165) is 0 Å². The van der Waals surface area contributed by atoms with Crippen molar-refractivity contribution in [2.24, 2.45) is 0 Å². The molecule has 2 N–H and O–H groups in total. The van der Waals surface area contributed by atoms with E-state index in [-0.39, 0.29) is 12.3 Å². The third kappa shape index (κ3) is 6.02. The highest BCUT2D eigenvalue weighted by Gasteiger charge is 2.22. The zero-order valence-electron chi connectivity index (χ0n) is 17.5. The predicted octanol–water partition coefficient (Wildman–Crippen LogP) is 2.51. The highest BCUT2D eigenvalue weighted by Crippen LogP contribution is 2.22. The van der Waals surface area contributed by atoms with Gasteiger partial charge in [0, 0.05) is 37.4 Å². The minimum Gasteiger partial charge on any atom is -0.497 e. The van der Waals surface area contributed by atoms with Crippen molar-refractivity contribution in [1.29, 1.82) is 0 Å². The SMILES string of the molecule is COc1ccc(NC(=O)NC(=O)CN2CCN(c3ccc(C(C)=O)cc3F)CC2)cc1. The Morgan fingerprint density at radius 3 is 2.29 bits per heavy atom. The van der Waals surface area contributed by atoms with Gasteiger partial charge in [0.05, 0.1) is 19.3 Å². The quantitative estimate of drug-likeness (QED) is 0.687. The standard InChI is InChI=1S/C22H25FN4O4/c1-15(28)16-3-8-20(19(23)13-16)27-11-9-26(10-12-27)14-21(29)25-22(30)24-17-4-6-18(31-2)7-5-17/h3-8,13H,9-12,14H2,1-2H3,(H2,24,25,29,30). The van der Waals surface area contributed by atoms with Gasteiger partial charge in [-0.2, -0.15) is 0 Å². The van der Waals surface area contributed by atoms with Crippen molar-refractivity contribution in [2.75, 3.05) is 50.1 Å². The van der Waals surface area contributed by atoms with Crippen molar-refractivity contribution >= 4 is 29.1 Å². The van der Waals surface area contributed by atoms with Gasteiger partial charge in [0.2, 0.25) is 5.91 Å². The first-order valence-corrected chi connectivity index (χ1v) is 9.88. The second-order valence-corrected chi connectivity index (χ2v) is 7.22. The van der Waals surface area contributed by atoms with Crippen LogP contribution in [-0.2, 0) is 4.79 Å². The molecule has 0 saturated carbocycles. The van der Waals surface area contributed by atoms with Crippen LogP contribution >= 0.6 is 0 Å². The number of carbonyl (C=O) groups is 3. The Labute approximate surface area is 180 Å². The Hall–Kier alpha value is -3.46. The number of amides is 3. The molecule has 8 nitrogen and oxygen atoms in total. The summed E-state index contributed by atoms with van der Waals surface area (Å²) in [6.45, 7) is 3.61. The van der Waals surface area contributed by atoms with Crippen molar-refractivity contribution in [3.8, 4) is 5.75 Å². The largest absolute Gasteiger partial charge is 0.497 e. The van der Waals surface area contributed by atoms with E-state index in [1.54, 1.807) is 43.5 Å². The summed E-state index contributed by atoms with van der Waals surface area (Å²) in [6.07, 6.45) is 0. The minimum absolute atomic E-state index is 0.0651. The first-order chi connectivity index (χ1) is 14.9. The number of Topliss-reactive ketones (excluding diaryl/α,β-unsaturated/α-hetero) is 1. The highest BCUT2D eigenvalue weighted by molar-refractivity contribution is 6.01. The van der Waals surface area contributed by atoms with Crippen LogP contribution < -0.4 is 20.3 Å². The number of halogens is 1. The number of piperazine rings is 1. The maximum absolute atomic E-state index is 14.3. The van der Waals surface area contributed by atoms with Crippen LogP contribution in [0.2, 0.25) is 0 Å². The molecular weight excluding hydrogens is 403 g/mol. The zero-order chi connectivity index (χ0) is 22.4. The Morgan fingerprint density at radius 2 is 1.71 bits per heavy atom. The van der Waals surface area contributed by atoms with E-state index < -0.39 is 17.8 Å². The normalized spacial score (nSPS) is 14.1. The predicted molar refractivity (Wildman–Crippen MR) is 115 cm³/mol. The molecule has 3 amide bonds. The van der Waals surface area contributed by atoms with Crippen molar-refractivity contribution in [1.82, 2.24) is 10.2 Å². The molecule has 2 aromatic rings. The number of benzene rings is 2. The van der Waals surface area contributed by atoms with Gasteiger partial charge in [0.15, 0.2) is 5.78 Å². The molecule has 9 heteroatoms. The Balaban J connectivity index is 1.45. The molecule has 1 aliphatic rings. The van der Waals surface area contributed by atoms with Gasteiger partial charge >= 0.3 is 6.03 Å². The molecule has 164 valence electrons. The van der Waals surface area contributed by atoms with Crippen LogP contribution in [0, 0.1) is 5.82 Å². The maximum atomic E-state index is 14.3. The lowest BCUT2D eigenvalue weighted by atomic mass is 10.1. The molecule has 31 heavy (non-hydrogen) atoms. The second-order valence-electron chi connectivity index (χ2n) is 7.22. The molecule has 0 unspecified atom stereocenters. The summed E-state index contributed by atoms with van der Waals surface area (Å²) in [6, 6.07) is 10.6. The van der Waals surface area contributed by atoms with E-state index in [0.29, 0.717) is 48.9 Å². The van der Waals surface area contributed by atoms with E-state index in [1.165, 1.54) is 13.0 Å². The number of hydrogen-bond donors (Lipinski definition) is 2. The molecule has 0 aliphatic carbocycles. The average Bonchev–Trinajstić information content (AvgIpc) is 2.74. The number of anilines is 2. The van der Waals surface area contributed by atoms with E-state index in [1.807, 2.05) is 9.80 Å². The Kier molecular flexibility index (Phi) is 7.19. The molecule has 0 bridgehead atoms. The molecule has 0 spiro atoms. The van der Waals surface area contributed by atoms with Crippen LogP contribution in [0.3, 0.4) is 0 Å². The number of hydrogen-bond acceptors (Lipinski definition) is 6. The Bertz CT molecular complexity index is 956. The fourth-order valence-corrected chi connectivity index (χ4v) is 3.34. The number of imide groups is 1. The van der Waals surface area contributed by atoms with Crippen LogP contribution in [0.5, 0.6) is 5.75 Å². The molecule has 3 rings (SSSR count). The summed E-state index contributed by atoms with van der Waals surface area (Å²) in [5, 5.41) is 4.90. The van der Waals surface area contributed by atoms with Gasteiger partial charge in [0.25, 0.3) is 0 Å². The van der Waals surface area contributed by atoms with Crippen molar-refractivity contribution in [2.45, 2.75) is 6.92 Å². The van der Waals surface area contributed by atoms with Gasteiger partial charge in [-0.1, -0.05) is 0 Å². The Morgan fingerprint density at radius 1 is 1.03 bits per heavy atom. The van der Waals surface area contributed by atoms with E-state index >= 15 is 0 Å². The second kappa shape index (κ2) is 10.0. The summed E-state index contributed by atoms with van der Waals surface area (Å²) in [5.41, 5.74) is 1.31. The first-order valence-electron chi connectivity index (χ1n) is 9.88.